The predicted octanol–water partition coefficient (Wildman–Crippen LogP) is 0.989. The zero-order chi connectivity index (χ0) is 13.8. The fourth-order valence-corrected chi connectivity index (χ4v) is 1.56. The van der Waals surface area contributed by atoms with E-state index >= 15 is 0 Å². The number of nitrogens with one attached hydrogen (secondary N) is 1. The fraction of sp³-hybridized carbons (Fsp3) is 0.500. The van der Waals surface area contributed by atoms with Crippen LogP contribution < -0.4 is 5.32 Å². The second-order valence-corrected chi connectivity index (χ2v) is 4.57. The second-order valence-electron chi connectivity index (χ2n) is 4.57. The molecule has 2 atom stereocenters. The minimum Gasteiger partial charge on any atom is -0.393 e. The van der Waals surface area contributed by atoms with E-state index in [1.54, 1.807) is 25.1 Å². The number of nitro benzene ring substituents is 1. The molecule has 0 aliphatic rings. The smallest absolute Gasteiger partial charge is 0.274 e. The molecule has 1 rings (SSSR count). The van der Waals surface area contributed by atoms with Crippen LogP contribution in [-0.2, 0) is 0 Å². The van der Waals surface area contributed by atoms with E-state index < -0.39 is 10.5 Å². The first kappa shape index (κ1) is 14.6. The summed E-state index contributed by atoms with van der Waals surface area (Å²) in [6, 6.07) is 6.16. The van der Waals surface area contributed by atoms with Crippen molar-refractivity contribution in [3.8, 4) is 0 Å². The number of nitrogens with zero attached hydrogens (tertiary/aromatic N) is 1. The van der Waals surface area contributed by atoms with Crippen LogP contribution in [-0.4, -0.2) is 33.9 Å². The molecule has 0 saturated carbocycles. The van der Waals surface area contributed by atoms with E-state index in [2.05, 4.69) is 5.32 Å². The Morgan fingerprint density at radius 1 is 1.50 bits per heavy atom. The van der Waals surface area contributed by atoms with Gasteiger partial charge in [-0.2, -0.15) is 0 Å². The summed E-state index contributed by atoms with van der Waals surface area (Å²) in [6.45, 7) is 3.04. The molecule has 1 aromatic rings. The summed E-state index contributed by atoms with van der Waals surface area (Å²) < 4.78 is 0. The van der Waals surface area contributed by atoms with Gasteiger partial charge in [0.05, 0.1) is 17.1 Å². The maximum absolute atomic E-state index is 10.9. The maximum Gasteiger partial charge on any atom is 0.274 e. The molecule has 0 fully saturated rings. The molecule has 0 aliphatic carbocycles. The monoisotopic (exact) mass is 254 g/mol. The molecule has 0 aromatic heterocycles. The highest BCUT2D eigenvalue weighted by Gasteiger charge is 2.22. The van der Waals surface area contributed by atoms with Gasteiger partial charge >= 0.3 is 0 Å². The molecule has 0 amide bonds. The van der Waals surface area contributed by atoms with Gasteiger partial charge in [0.2, 0.25) is 0 Å². The first-order chi connectivity index (χ1) is 8.37. The van der Waals surface area contributed by atoms with Crippen LogP contribution in [0.5, 0.6) is 0 Å². The zero-order valence-electron chi connectivity index (χ0n) is 10.5. The molecule has 0 bridgehead atoms. The van der Waals surface area contributed by atoms with Crippen LogP contribution in [0.3, 0.4) is 0 Å². The zero-order valence-corrected chi connectivity index (χ0v) is 10.5. The van der Waals surface area contributed by atoms with Gasteiger partial charge in [-0.25, -0.2) is 0 Å². The lowest BCUT2D eigenvalue weighted by molar-refractivity contribution is -0.385. The molecule has 100 valence electrons. The molecule has 0 aliphatic heterocycles. The van der Waals surface area contributed by atoms with Crippen molar-refractivity contribution in [2.75, 3.05) is 13.2 Å². The third kappa shape index (κ3) is 3.76. The molecule has 6 heteroatoms. The van der Waals surface area contributed by atoms with E-state index in [0.717, 1.165) is 0 Å². The molecule has 1 aromatic carbocycles. The first-order valence-corrected chi connectivity index (χ1v) is 5.67. The van der Waals surface area contributed by atoms with E-state index in [9.17, 15) is 15.2 Å². The van der Waals surface area contributed by atoms with Crippen LogP contribution in [0.2, 0.25) is 0 Å². The third-order valence-corrected chi connectivity index (χ3v) is 2.73. The van der Waals surface area contributed by atoms with Crippen molar-refractivity contribution in [3.05, 3.63) is 39.9 Å². The van der Waals surface area contributed by atoms with Gasteiger partial charge in [-0.3, -0.25) is 10.1 Å². The van der Waals surface area contributed by atoms with Crippen molar-refractivity contribution >= 4 is 5.69 Å². The van der Waals surface area contributed by atoms with E-state index in [0.29, 0.717) is 5.56 Å². The summed E-state index contributed by atoms with van der Waals surface area (Å²) in [6.07, 6.45) is 0. The predicted molar refractivity (Wildman–Crippen MR) is 67.2 cm³/mol. The number of hydrogen-bond acceptors (Lipinski definition) is 5. The van der Waals surface area contributed by atoms with Crippen LogP contribution in [0, 0.1) is 10.1 Å². The van der Waals surface area contributed by atoms with Gasteiger partial charge in [0.25, 0.3) is 5.69 Å². The molecule has 2 unspecified atom stereocenters. The summed E-state index contributed by atoms with van der Waals surface area (Å²) in [5.41, 5.74) is -0.643. The lowest BCUT2D eigenvalue weighted by Crippen LogP contribution is -2.41. The van der Waals surface area contributed by atoms with Crippen LogP contribution in [0.4, 0.5) is 5.69 Å². The summed E-state index contributed by atoms with van der Waals surface area (Å²) in [4.78, 5) is 10.4. The summed E-state index contributed by atoms with van der Waals surface area (Å²) in [5.74, 6) is 0. The van der Waals surface area contributed by atoms with Crippen LogP contribution in [0.25, 0.3) is 0 Å². The van der Waals surface area contributed by atoms with Crippen LogP contribution in [0.15, 0.2) is 24.3 Å². The molecule has 0 saturated heterocycles. The van der Waals surface area contributed by atoms with Crippen LogP contribution >= 0.6 is 0 Å². The molecule has 6 nitrogen and oxygen atoms in total. The minimum absolute atomic E-state index is 0.0427. The molecule has 3 N–H and O–H groups in total. The van der Waals surface area contributed by atoms with Gasteiger partial charge in [0.1, 0.15) is 0 Å². The Bertz CT molecular complexity index is 420. The van der Waals surface area contributed by atoms with Crippen molar-refractivity contribution in [2.24, 2.45) is 0 Å². The number of nitro groups is 1. The topological polar surface area (TPSA) is 95.6 Å². The summed E-state index contributed by atoms with van der Waals surface area (Å²) in [7, 11) is 0. The van der Waals surface area contributed by atoms with Crippen LogP contribution in [0.1, 0.15) is 25.5 Å². The average molecular weight is 254 g/mol. The normalized spacial score (nSPS) is 16.0. The minimum atomic E-state index is -1.24. The largest absolute Gasteiger partial charge is 0.393 e. The number of rotatable bonds is 6. The van der Waals surface area contributed by atoms with Crippen molar-refractivity contribution < 1.29 is 15.1 Å². The summed E-state index contributed by atoms with van der Waals surface area (Å²) in [5, 5.41) is 32.4. The summed E-state index contributed by atoms with van der Waals surface area (Å²) >= 11 is 0. The Hall–Kier alpha value is -1.50. The Kier molecular flexibility index (Phi) is 4.77. The molecular formula is C12H18N2O4. The van der Waals surface area contributed by atoms with Gasteiger partial charge < -0.3 is 15.5 Å². The highest BCUT2D eigenvalue weighted by molar-refractivity contribution is 5.41. The SMILES string of the molecule is CC(NCC(C)(O)CO)c1ccccc1[N+](=O)[O-]. The molecule has 0 radical (unpaired) electrons. The molecule has 0 spiro atoms. The van der Waals surface area contributed by atoms with E-state index in [4.69, 9.17) is 5.11 Å². The standard InChI is InChI=1S/C12H18N2O4/c1-9(13-7-12(2,16)8-15)10-5-3-4-6-11(10)14(17)18/h3-6,9,13,15-16H,7-8H2,1-2H3. The lowest BCUT2D eigenvalue weighted by atomic mass is 10.0. The number of aliphatic hydroxyl groups excluding tert-OH is 1. The van der Waals surface area contributed by atoms with Crippen molar-refractivity contribution in [2.45, 2.75) is 25.5 Å². The first-order valence-electron chi connectivity index (χ1n) is 5.67. The number of hydrogen-bond donors (Lipinski definition) is 3. The Morgan fingerprint density at radius 2 is 2.11 bits per heavy atom. The Balaban J connectivity index is 2.79. The maximum atomic E-state index is 10.9. The van der Waals surface area contributed by atoms with Crippen molar-refractivity contribution in [3.63, 3.8) is 0 Å². The Morgan fingerprint density at radius 3 is 2.67 bits per heavy atom. The van der Waals surface area contributed by atoms with Gasteiger partial charge in [0, 0.05) is 24.2 Å². The van der Waals surface area contributed by atoms with Crippen molar-refractivity contribution in [1.29, 1.82) is 0 Å². The third-order valence-electron chi connectivity index (χ3n) is 2.73. The fourth-order valence-electron chi connectivity index (χ4n) is 1.56. The van der Waals surface area contributed by atoms with Gasteiger partial charge in [-0.05, 0) is 13.8 Å². The number of aliphatic hydroxyl groups is 2. The van der Waals surface area contributed by atoms with E-state index in [1.807, 2.05) is 0 Å². The second kappa shape index (κ2) is 5.90. The van der Waals surface area contributed by atoms with Crippen molar-refractivity contribution in [1.82, 2.24) is 5.32 Å². The average Bonchev–Trinajstić information content (AvgIpc) is 2.36. The quantitative estimate of drug-likeness (QED) is 0.519. The van der Waals surface area contributed by atoms with E-state index in [-0.39, 0.29) is 24.9 Å². The lowest BCUT2D eigenvalue weighted by Gasteiger charge is -2.23. The number of para-hydroxylation sites is 1. The highest BCUT2D eigenvalue weighted by atomic mass is 16.6. The van der Waals surface area contributed by atoms with E-state index in [1.165, 1.54) is 13.0 Å². The Labute approximate surface area is 105 Å². The van der Waals surface area contributed by atoms with Gasteiger partial charge in [0.15, 0.2) is 0 Å². The molecule has 0 heterocycles. The highest BCUT2D eigenvalue weighted by Crippen LogP contribution is 2.24. The number of benzene rings is 1. The van der Waals surface area contributed by atoms with Gasteiger partial charge in [-0.15, -0.1) is 0 Å². The van der Waals surface area contributed by atoms with Gasteiger partial charge in [-0.1, -0.05) is 18.2 Å². The molecule has 18 heavy (non-hydrogen) atoms. The molecular weight excluding hydrogens is 236 g/mol.